The van der Waals surface area contributed by atoms with E-state index in [-0.39, 0.29) is 29.9 Å². The van der Waals surface area contributed by atoms with Crippen LogP contribution >= 0.6 is 0 Å². The van der Waals surface area contributed by atoms with E-state index < -0.39 is 22.0 Å². The number of hydrogen-bond donors (Lipinski definition) is 1. The molecule has 1 aliphatic rings. The highest BCUT2D eigenvalue weighted by atomic mass is 32.2. The number of likely N-dealkylation sites (N-methyl/N-ethyl adjacent to an activating group) is 1. The second kappa shape index (κ2) is 13.0. The van der Waals surface area contributed by atoms with Crippen LogP contribution < -0.4 is 5.32 Å². The van der Waals surface area contributed by atoms with Gasteiger partial charge in [0.2, 0.25) is 21.8 Å². The molecule has 0 unspecified atom stereocenters. The number of sulfonamides is 1. The minimum Gasteiger partial charge on any atom is -0.352 e. The van der Waals surface area contributed by atoms with E-state index in [1.165, 1.54) is 11.9 Å². The fourth-order valence-corrected chi connectivity index (χ4v) is 6.08. The molecular weight excluding hydrogens is 510 g/mol. The van der Waals surface area contributed by atoms with Gasteiger partial charge in [-0.25, -0.2) is 8.42 Å². The van der Waals surface area contributed by atoms with Crippen LogP contribution in [0, 0.1) is 6.92 Å². The van der Waals surface area contributed by atoms with Crippen molar-refractivity contribution >= 4 is 21.8 Å². The highest BCUT2D eigenvalue weighted by Gasteiger charge is 2.34. The van der Waals surface area contributed by atoms with Crippen LogP contribution in [-0.2, 0) is 32.6 Å². The number of carbonyl (C=O) groups is 2. The van der Waals surface area contributed by atoms with Crippen molar-refractivity contribution in [3.63, 3.8) is 0 Å². The highest BCUT2D eigenvalue weighted by molar-refractivity contribution is 7.89. The van der Waals surface area contributed by atoms with Gasteiger partial charge in [0, 0.05) is 26.1 Å². The monoisotopic (exact) mass is 547 g/mol. The molecule has 2 amide bonds. The van der Waals surface area contributed by atoms with Crippen LogP contribution in [0.15, 0.2) is 89.8 Å². The molecule has 0 aliphatic heterocycles. The molecule has 0 radical (unpaired) electrons. The van der Waals surface area contributed by atoms with Crippen molar-refractivity contribution in [1.82, 2.24) is 14.5 Å². The van der Waals surface area contributed by atoms with Gasteiger partial charge < -0.3 is 10.2 Å². The summed E-state index contributed by atoms with van der Waals surface area (Å²) in [5.74, 6) is -0.640. The summed E-state index contributed by atoms with van der Waals surface area (Å²) in [4.78, 5) is 29.3. The van der Waals surface area contributed by atoms with Crippen molar-refractivity contribution in [2.24, 2.45) is 0 Å². The number of hydrogen-bond acceptors (Lipinski definition) is 4. The number of nitrogens with one attached hydrogen (secondary N) is 1. The predicted molar refractivity (Wildman–Crippen MR) is 152 cm³/mol. The molecule has 1 saturated carbocycles. The van der Waals surface area contributed by atoms with Gasteiger partial charge in [-0.1, -0.05) is 91.2 Å². The molecule has 1 atom stereocenters. The molecule has 1 fully saturated rings. The molecule has 206 valence electrons. The quantitative estimate of drug-likeness (QED) is 0.388. The molecule has 4 rings (SSSR count). The van der Waals surface area contributed by atoms with E-state index in [9.17, 15) is 18.0 Å². The second-order valence-electron chi connectivity index (χ2n) is 10.3. The first-order valence-corrected chi connectivity index (χ1v) is 14.9. The van der Waals surface area contributed by atoms with Crippen LogP contribution in [0.1, 0.15) is 42.4 Å². The summed E-state index contributed by atoms with van der Waals surface area (Å²) in [7, 11) is -2.49. The molecule has 7 nitrogen and oxygen atoms in total. The molecule has 3 aromatic rings. The minimum absolute atomic E-state index is 0.0917. The number of carbonyl (C=O) groups excluding carboxylic acids is 2. The van der Waals surface area contributed by atoms with Crippen LogP contribution in [0.2, 0.25) is 0 Å². The smallest absolute Gasteiger partial charge is 0.243 e. The lowest BCUT2D eigenvalue weighted by molar-refractivity contribution is -0.141. The second-order valence-corrected chi connectivity index (χ2v) is 12.3. The average Bonchev–Trinajstić information content (AvgIpc) is 3.45. The maximum atomic E-state index is 13.9. The fourth-order valence-electron chi connectivity index (χ4n) is 4.96. The number of amides is 2. The van der Waals surface area contributed by atoms with Gasteiger partial charge in [0.1, 0.15) is 6.04 Å². The standard InChI is InChI=1S/C31H37N3O4S/c1-24-17-19-28(20-18-24)39(37,38)33(2)23-30(35)34(22-26-13-7-4-8-14-26)29(21-25-11-5-3-6-12-25)31(36)32-27-15-9-10-16-27/h3-8,11-14,17-20,27,29H,9-10,15-16,21-23H2,1-2H3,(H,32,36)/t29-/m1/s1. The van der Waals surface area contributed by atoms with Gasteiger partial charge in [-0.05, 0) is 43.0 Å². The van der Waals surface area contributed by atoms with Crippen LogP contribution in [0.25, 0.3) is 0 Å². The zero-order chi connectivity index (χ0) is 27.8. The maximum Gasteiger partial charge on any atom is 0.243 e. The van der Waals surface area contributed by atoms with Crippen molar-refractivity contribution < 1.29 is 18.0 Å². The molecular formula is C31H37N3O4S. The Morgan fingerprint density at radius 2 is 1.44 bits per heavy atom. The Morgan fingerprint density at radius 1 is 0.872 bits per heavy atom. The van der Waals surface area contributed by atoms with Crippen molar-refractivity contribution in [3.8, 4) is 0 Å². The third-order valence-corrected chi connectivity index (χ3v) is 9.07. The summed E-state index contributed by atoms with van der Waals surface area (Å²) in [5.41, 5.74) is 2.73. The molecule has 1 N–H and O–H groups in total. The third kappa shape index (κ3) is 7.55. The van der Waals surface area contributed by atoms with Crippen molar-refractivity contribution in [1.29, 1.82) is 0 Å². The summed E-state index contributed by atoms with van der Waals surface area (Å²) in [5, 5.41) is 3.17. The number of benzene rings is 3. The number of nitrogens with zero attached hydrogens (tertiary/aromatic N) is 2. The molecule has 0 heterocycles. The Kier molecular flexibility index (Phi) is 9.54. The maximum absolute atomic E-state index is 13.9. The summed E-state index contributed by atoms with van der Waals surface area (Å²) >= 11 is 0. The average molecular weight is 548 g/mol. The molecule has 0 spiro atoms. The molecule has 1 aliphatic carbocycles. The third-order valence-electron chi connectivity index (χ3n) is 7.26. The first-order valence-electron chi connectivity index (χ1n) is 13.4. The van der Waals surface area contributed by atoms with Crippen molar-refractivity contribution in [2.75, 3.05) is 13.6 Å². The number of rotatable bonds is 11. The van der Waals surface area contributed by atoms with Gasteiger partial charge in [0.05, 0.1) is 11.4 Å². The predicted octanol–water partition coefficient (Wildman–Crippen LogP) is 4.31. The first-order chi connectivity index (χ1) is 18.7. The van der Waals surface area contributed by atoms with E-state index in [4.69, 9.17) is 0 Å². The molecule has 8 heteroatoms. The highest BCUT2D eigenvalue weighted by Crippen LogP contribution is 2.21. The normalized spacial score (nSPS) is 14.7. The lowest BCUT2D eigenvalue weighted by Gasteiger charge is -2.33. The Balaban J connectivity index is 1.64. The topological polar surface area (TPSA) is 86.8 Å². The molecule has 0 saturated heterocycles. The van der Waals surface area contributed by atoms with E-state index in [2.05, 4.69) is 5.32 Å². The molecule has 39 heavy (non-hydrogen) atoms. The summed E-state index contributed by atoms with van der Waals surface area (Å²) in [6.45, 7) is 1.69. The number of aryl methyl sites for hydroxylation is 1. The van der Waals surface area contributed by atoms with E-state index in [1.807, 2.05) is 67.6 Å². The lowest BCUT2D eigenvalue weighted by Crippen LogP contribution is -2.54. The Bertz CT molecular complexity index is 1340. The zero-order valence-electron chi connectivity index (χ0n) is 22.6. The van der Waals surface area contributed by atoms with Crippen LogP contribution in [0.4, 0.5) is 0 Å². The van der Waals surface area contributed by atoms with Gasteiger partial charge >= 0.3 is 0 Å². The van der Waals surface area contributed by atoms with Gasteiger partial charge in [-0.3, -0.25) is 9.59 Å². The summed E-state index contributed by atoms with van der Waals surface area (Å²) in [6.07, 6.45) is 4.32. The largest absolute Gasteiger partial charge is 0.352 e. The molecule has 0 aromatic heterocycles. The van der Waals surface area contributed by atoms with E-state index >= 15 is 0 Å². The molecule has 0 bridgehead atoms. The lowest BCUT2D eigenvalue weighted by atomic mass is 10.0. The van der Waals surface area contributed by atoms with Crippen LogP contribution in [0.3, 0.4) is 0 Å². The Morgan fingerprint density at radius 3 is 2.03 bits per heavy atom. The van der Waals surface area contributed by atoms with Crippen LogP contribution in [-0.4, -0.2) is 55.1 Å². The first kappa shape index (κ1) is 28.5. The molecule has 3 aromatic carbocycles. The van der Waals surface area contributed by atoms with E-state index in [1.54, 1.807) is 24.3 Å². The van der Waals surface area contributed by atoms with Gasteiger partial charge in [-0.15, -0.1) is 0 Å². The van der Waals surface area contributed by atoms with Gasteiger partial charge in [0.25, 0.3) is 0 Å². The van der Waals surface area contributed by atoms with Crippen molar-refractivity contribution in [3.05, 3.63) is 102 Å². The Labute approximate surface area is 231 Å². The van der Waals surface area contributed by atoms with E-state index in [0.717, 1.165) is 46.7 Å². The SMILES string of the molecule is Cc1ccc(S(=O)(=O)N(C)CC(=O)N(Cc2ccccc2)[C@H](Cc2ccccc2)C(=O)NC2CCCC2)cc1. The Hall–Kier alpha value is -3.49. The van der Waals surface area contributed by atoms with Crippen molar-refractivity contribution in [2.45, 2.75) is 62.6 Å². The summed E-state index contributed by atoms with van der Waals surface area (Å²) in [6, 6.07) is 24.9. The van der Waals surface area contributed by atoms with Crippen LogP contribution in [0.5, 0.6) is 0 Å². The zero-order valence-corrected chi connectivity index (χ0v) is 23.4. The van der Waals surface area contributed by atoms with E-state index in [0.29, 0.717) is 6.42 Å². The summed E-state index contributed by atoms with van der Waals surface area (Å²) < 4.78 is 27.6. The minimum atomic E-state index is -3.90. The van der Waals surface area contributed by atoms with Gasteiger partial charge in [-0.2, -0.15) is 4.31 Å². The fraction of sp³-hybridized carbons (Fsp3) is 0.355. The van der Waals surface area contributed by atoms with Gasteiger partial charge in [0.15, 0.2) is 0 Å².